The fourth-order valence-electron chi connectivity index (χ4n) is 5.98. The van der Waals surface area contributed by atoms with Gasteiger partial charge in [-0.3, -0.25) is 0 Å². The number of fused-ring (bicyclic) bond motifs is 2. The zero-order valence-corrected chi connectivity index (χ0v) is 21.9. The molecule has 0 saturated carbocycles. The fraction of sp³-hybridized carbons (Fsp3) is 0.303. The first-order valence-electron chi connectivity index (χ1n) is 13.0. The van der Waals surface area contributed by atoms with Crippen LogP contribution in [0.25, 0.3) is 10.8 Å². The number of nitriles is 1. The van der Waals surface area contributed by atoms with Gasteiger partial charge in [-0.05, 0) is 97.1 Å². The summed E-state index contributed by atoms with van der Waals surface area (Å²) in [6.45, 7) is 0.734. The van der Waals surface area contributed by atoms with Crippen LogP contribution in [0.4, 0.5) is 0 Å². The molecule has 0 saturated heterocycles. The zero-order valence-electron chi connectivity index (χ0n) is 21.9. The highest BCUT2D eigenvalue weighted by molar-refractivity contribution is 5.86. The van der Waals surface area contributed by atoms with Gasteiger partial charge >= 0.3 is 0 Å². The number of ether oxygens (including phenoxy) is 1. The third kappa shape index (κ3) is 4.73. The van der Waals surface area contributed by atoms with Crippen molar-refractivity contribution >= 4 is 10.8 Å². The van der Waals surface area contributed by atoms with Gasteiger partial charge in [-0.15, -0.1) is 0 Å². The second-order valence-corrected chi connectivity index (χ2v) is 10.4. The molecule has 2 atom stereocenters. The number of benzene rings is 4. The lowest BCUT2D eigenvalue weighted by molar-refractivity contribution is 0.00321. The van der Waals surface area contributed by atoms with Crippen LogP contribution in [0.3, 0.4) is 0 Å². The number of nitrogens with zero attached hydrogens (tertiary/aromatic N) is 2. The van der Waals surface area contributed by atoms with Gasteiger partial charge in [0.05, 0.1) is 18.7 Å². The van der Waals surface area contributed by atoms with Crippen molar-refractivity contribution in [1.29, 1.82) is 5.26 Å². The van der Waals surface area contributed by atoms with Crippen LogP contribution in [0.2, 0.25) is 0 Å². The average molecular weight is 491 g/mol. The molecule has 0 aliphatic heterocycles. The number of aryl methyl sites for hydroxylation is 1. The molecule has 188 valence electrons. The van der Waals surface area contributed by atoms with E-state index in [1.54, 1.807) is 7.11 Å². The van der Waals surface area contributed by atoms with Crippen LogP contribution in [0.15, 0.2) is 78.9 Å². The summed E-state index contributed by atoms with van der Waals surface area (Å²) in [5, 5.41) is 24.5. The monoisotopic (exact) mass is 490 g/mol. The molecule has 0 heterocycles. The van der Waals surface area contributed by atoms with Gasteiger partial charge in [0.15, 0.2) is 0 Å². The number of aliphatic hydroxyl groups is 1. The van der Waals surface area contributed by atoms with Crippen LogP contribution in [-0.4, -0.2) is 37.8 Å². The molecule has 4 aromatic rings. The molecule has 1 aliphatic rings. The van der Waals surface area contributed by atoms with Crippen molar-refractivity contribution in [1.82, 2.24) is 4.90 Å². The van der Waals surface area contributed by atoms with E-state index in [4.69, 9.17) is 4.74 Å². The highest BCUT2D eigenvalue weighted by Gasteiger charge is 2.43. The van der Waals surface area contributed by atoms with Crippen LogP contribution in [-0.2, 0) is 18.4 Å². The molecule has 5 rings (SSSR count). The summed E-state index contributed by atoms with van der Waals surface area (Å²) < 4.78 is 5.98. The number of rotatable bonds is 8. The quantitative estimate of drug-likeness (QED) is 0.320. The van der Waals surface area contributed by atoms with Crippen molar-refractivity contribution in [3.8, 4) is 11.8 Å². The van der Waals surface area contributed by atoms with Crippen molar-refractivity contribution in [2.45, 2.75) is 37.2 Å². The van der Waals surface area contributed by atoms with Gasteiger partial charge in [0.25, 0.3) is 0 Å². The van der Waals surface area contributed by atoms with Crippen LogP contribution in [0.1, 0.15) is 52.1 Å². The Hall–Kier alpha value is -3.65. The van der Waals surface area contributed by atoms with Crippen LogP contribution < -0.4 is 4.74 Å². The third-order valence-electron chi connectivity index (χ3n) is 7.79. The van der Waals surface area contributed by atoms with E-state index in [2.05, 4.69) is 47.4 Å². The van der Waals surface area contributed by atoms with E-state index in [1.807, 2.05) is 56.6 Å². The predicted molar refractivity (Wildman–Crippen MR) is 149 cm³/mol. The number of methoxy groups -OCH3 is 1. The minimum absolute atomic E-state index is 0.370. The zero-order chi connectivity index (χ0) is 26.0. The third-order valence-corrected chi connectivity index (χ3v) is 7.79. The number of hydrogen-bond donors (Lipinski definition) is 1. The number of hydrogen-bond acceptors (Lipinski definition) is 4. The summed E-state index contributed by atoms with van der Waals surface area (Å²) in [6.07, 6.45) is 3.72. The Labute approximate surface area is 219 Å². The molecule has 0 spiro atoms. The minimum Gasteiger partial charge on any atom is -0.496 e. The summed E-state index contributed by atoms with van der Waals surface area (Å²) in [5.41, 5.74) is 5.05. The molecule has 0 aromatic heterocycles. The molecule has 0 amide bonds. The Morgan fingerprint density at radius 1 is 0.973 bits per heavy atom. The summed E-state index contributed by atoms with van der Waals surface area (Å²) in [6, 6.07) is 28.8. The highest BCUT2D eigenvalue weighted by atomic mass is 16.5. The van der Waals surface area contributed by atoms with Gasteiger partial charge in [-0.25, -0.2) is 0 Å². The maximum absolute atomic E-state index is 13.0. The smallest absolute Gasteiger partial charge is 0.123 e. The Kier molecular flexibility index (Phi) is 7.02. The molecule has 4 heteroatoms. The van der Waals surface area contributed by atoms with E-state index < -0.39 is 5.60 Å². The minimum atomic E-state index is -1.17. The van der Waals surface area contributed by atoms with E-state index >= 15 is 0 Å². The maximum atomic E-state index is 13.0. The van der Waals surface area contributed by atoms with Crippen molar-refractivity contribution in [2.24, 2.45) is 0 Å². The maximum Gasteiger partial charge on any atom is 0.123 e. The molecule has 37 heavy (non-hydrogen) atoms. The molecule has 0 fully saturated rings. The van der Waals surface area contributed by atoms with Crippen molar-refractivity contribution < 1.29 is 9.84 Å². The van der Waals surface area contributed by atoms with Gasteiger partial charge in [0.2, 0.25) is 0 Å². The Morgan fingerprint density at radius 2 is 1.78 bits per heavy atom. The van der Waals surface area contributed by atoms with E-state index in [0.717, 1.165) is 59.0 Å². The molecule has 4 nitrogen and oxygen atoms in total. The lowest BCUT2D eigenvalue weighted by Gasteiger charge is -2.40. The SMILES string of the molecule is COc1cc2ccc(C#N)cc2cc1[C@@H](c1ccccc1)[C@@](O)(CCN(C)C)c1cccc2c1CCC2. The van der Waals surface area contributed by atoms with Crippen molar-refractivity contribution in [3.05, 3.63) is 112 Å². The Balaban J connectivity index is 1.81. The Morgan fingerprint density at radius 3 is 2.51 bits per heavy atom. The standard InChI is InChI=1S/C33H34N2O2/c1-35(2)18-17-33(36,30-14-8-12-24-11-7-13-28(24)30)32(25-9-5-4-6-10-25)29-20-27-19-23(22-34)15-16-26(27)21-31(29)37-3/h4-6,8-10,12,14-16,19-21,32,36H,7,11,13,17-18H2,1-3H3/t32-,33-/m1/s1. The Bertz CT molecular complexity index is 1450. The molecule has 0 unspecified atom stereocenters. The van der Waals surface area contributed by atoms with Crippen molar-refractivity contribution in [3.63, 3.8) is 0 Å². The first kappa shape index (κ1) is 25.0. The lowest BCUT2D eigenvalue weighted by Crippen LogP contribution is -2.38. The molecule has 1 N–H and O–H groups in total. The summed E-state index contributed by atoms with van der Waals surface area (Å²) in [5.74, 6) is 0.368. The summed E-state index contributed by atoms with van der Waals surface area (Å²) in [4.78, 5) is 2.13. The first-order chi connectivity index (χ1) is 17.9. The molecular formula is C33H34N2O2. The largest absolute Gasteiger partial charge is 0.496 e. The lowest BCUT2D eigenvalue weighted by atomic mass is 9.69. The van der Waals surface area contributed by atoms with Crippen LogP contribution in [0, 0.1) is 11.3 Å². The summed E-state index contributed by atoms with van der Waals surface area (Å²) in [7, 11) is 5.79. The topological polar surface area (TPSA) is 56.5 Å². The predicted octanol–water partition coefficient (Wildman–Crippen LogP) is 6.18. The molecule has 1 aliphatic carbocycles. The molecule has 0 bridgehead atoms. The normalized spacial score (nSPS) is 15.2. The fourth-order valence-corrected chi connectivity index (χ4v) is 5.98. The molecular weight excluding hydrogens is 456 g/mol. The second kappa shape index (κ2) is 10.4. The second-order valence-electron chi connectivity index (χ2n) is 10.4. The van der Waals surface area contributed by atoms with E-state index in [1.165, 1.54) is 11.1 Å². The van der Waals surface area contributed by atoms with Gasteiger partial charge in [0.1, 0.15) is 11.4 Å². The van der Waals surface area contributed by atoms with E-state index in [-0.39, 0.29) is 5.92 Å². The highest BCUT2D eigenvalue weighted by Crippen LogP contribution is 2.49. The van der Waals surface area contributed by atoms with E-state index in [0.29, 0.717) is 12.0 Å². The van der Waals surface area contributed by atoms with E-state index in [9.17, 15) is 10.4 Å². The first-order valence-corrected chi connectivity index (χ1v) is 13.0. The molecule has 4 aromatic carbocycles. The average Bonchev–Trinajstić information content (AvgIpc) is 3.41. The van der Waals surface area contributed by atoms with Gasteiger partial charge in [-0.2, -0.15) is 5.26 Å². The van der Waals surface area contributed by atoms with Crippen LogP contribution in [0.5, 0.6) is 5.75 Å². The summed E-state index contributed by atoms with van der Waals surface area (Å²) >= 11 is 0. The van der Waals surface area contributed by atoms with Gasteiger partial charge in [-0.1, -0.05) is 54.6 Å². The van der Waals surface area contributed by atoms with Crippen molar-refractivity contribution in [2.75, 3.05) is 27.7 Å². The van der Waals surface area contributed by atoms with Gasteiger partial charge in [0, 0.05) is 18.0 Å². The van der Waals surface area contributed by atoms with Crippen LogP contribution >= 0.6 is 0 Å². The molecule has 0 radical (unpaired) electrons. The van der Waals surface area contributed by atoms with Gasteiger partial charge < -0.3 is 14.7 Å².